The van der Waals surface area contributed by atoms with E-state index >= 15 is 0 Å². The molecule has 27 heavy (non-hydrogen) atoms. The number of rotatable bonds is 5. The van der Waals surface area contributed by atoms with E-state index in [4.69, 9.17) is 9.47 Å². The molecule has 152 valence electrons. The fourth-order valence-corrected chi connectivity index (χ4v) is 2.67. The zero-order valence-corrected chi connectivity index (χ0v) is 18.3. The van der Waals surface area contributed by atoms with E-state index in [1.54, 1.807) is 31.0 Å². The van der Waals surface area contributed by atoms with Gasteiger partial charge in [0, 0.05) is 33.2 Å². The lowest BCUT2D eigenvalue weighted by molar-refractivity contribution is 0.0913. The molecule has 1 atom stereocenters. The van der Waals surface area contributed by atoms with Gasteiger partial charge in [-0.15, -0.1) is 24.0 Å². The van der Waals surface area contributed by atoms with Crippen LogP contribution in [0.1, 0.15) is 13.8 Å². The van der Waals surface area contributed by atoms with Gasteiger partial charge in [0.1, 0.15) is 17.7 Å². The molecule has 7 nitrogen and oxygen atoms in total. The Bertz CT molecular complexity index is 607. The molecule has 1 heterocycles. The molecule has 1 N–H and O–H groups in total. The fourth-order valence-electron chi connectivity index (χ4n) is 2.67. The first-order chi connectivity index (χ1) is 12.5. The van der Waals surface area contributed by atoms with Crippen LogP contribution in [0, 0.1) is 5.82 Å². The highest BCUT2D eigenvalue weighted by Crippen LogP contribution is 2.12. The number of nitrogens with zero attached hydrogens (tertiary/aromatic N) is 3. The standard InChI is InChI=1S/C18H27FN4O3.HI/c1-4-25-18(24)23-11-9-22(10-12-23)17(20-3)21-13-14(2)26-16-7-5-15(19)6-8-16;/h5-8,14H,4,9-13H2,1-3H3,(H,20,21);1H. The van der Waals surface area contributed by atoms with E-state index in [9.17, 15) is 9.18 Å². The van der Waals surface area contributed by atoms with Crippen LogP contribution >= 0.6 is 24.0 Å². The van der Waals surface area contributed by atoms with E-state index in [-0.39, 0.29) is 42.0 Å². The van der Waals surface area contributed by atoms with E-state index in [1.165, 1.54) is 12.1 Å². The number of halogens is 2. The van der Waals surface area contributed by atoms with Gasteiger partial charge in [-0.1, -0.05) is 0 Å². The second-order valence-corrected chi connectivity index (χ2v) is 5.98. The maximum absolute atomic E-state index is 12.9. The minimum absolute atomic E-state index is 0. The average molecular weight is 494 g/mol. The van der Waals surface area contributed by atoms with E-state index in [0.29, 0.717) is 45.1 Å². The number of hydrogen-bond donors (Lipinski definition) is 1. The van der Waals surface area contributed by atoms with E-state index < -0.39 is 0 Å². The highest BCUT2D eigenvalue weighted by atomic mass is 127. The van der Waals surface area contributed by atoms with Crippen molar-refractivity contribution in [2.75, 3.05) is 46.4 Å². The van der Waals surface area contributed by atoms with Gasteiger partial charge >= 0.3 is 6.09 Å². The molecule has 0 spiro atoms. The molecule has 1 fully saturated rings. The smallest absolute Gasteiger partial charge is 0.409 e. The summed E-state index contributed by atoms with van der Waals surface area (Å²) in [7, 11) is 1.73. The summed E-state index contributed by atoms with van der Waals surface area (Å²) in [5, 5.41) is 3.28. The van der Waals surface area contributed by atoms with Gasteiger partial charge < -0.3 is 24.6 Å². The molecule has 0 bridgehead atoms. The number of carbonyl (C=O) groups excluding carboxylic acids is 1. The second-order valence-electron chi connectivity index (χ2n) is 5.98. The van der Waals surface area contributed by atoms with Gasteiger partial charge in [0.05, 0.1) is 13.2 Å². The minimum atomic E-state index is -0.287. The van der Waals surface area contributed by atoms with Crippen LogP contribution in [0.3, 0.4) is 0 Å². The first kappa shape index (κ1) is 23.3. The van der Waals surface area contributed by atoms with Crippen molar-refractivity contribution >= 4 is 36.0 Å². The minimum Gasteiger partial charge on any atom is -0.489 e. The van der Waals surface area contributed by atoms with Crippen molar-refractivity contribution in [3.05, 3.63) is 30.1 Å². The third kappa shape index (κ3) is 7.39. The topological polar surface area (TPSA) is 66.4 Å². The number of piperazine rings is 1. The van der Waals surface area contributed by atoms with Crippen LogP contribution in [0.2, 0.25) is 0 Å². The fraction of sp³-hybridized carbons (Fsp3) is 0.556. The third-order valence-electron chi connectivity index (χ3n) is 4.02. The Kier molecular flexibility index (Phi) is 10.2. The van der Waals surface area contributed by atoms with Crippen molar-refractivity contribution in [2.45, 2.75) is 20.0 Å². The summed E-state index contributed by atoms with van der Waals surface area (Å²) in [6, 6.07) is 5.96. The lowest BCUT2D eigenvalue weighted by Gasteiger charge is -2.36. The molecule has 1 aliphatic heterocycles. The Morgan fingerprint density at radius 1 is 1.22 bits per heavy atom. The molecule has 1 saturated heterocycles. The highest BCUT2D eigenvalue weighted by molar-refractivity contribution is 14.0. The summed E-state index contributed by atoms with van der Waals surface area (Å²) < 4.78 is 23.7. The van der Waals surface area contributed by atoms with Crippen molar-refractivity contribution < 1.29 is 18.7 Å². The molecule has 0 aromatic heterocycles. The molecule has 1 unspecified atom stereocenters. The van der Waals surface area contributed by atoms with Crippen LogP contribution in [0.5, 0.6) is 5.75 Å². The maximum atomic E-state index is 12.9. The van der Waals surface area contributed by atoms with Gasteiger partial charge in [-0.3, -0.25) is 4.99 Å². The van der Waals surface area contributed by atoms with Gasteiger partial charge in [-0.2, -0.15) is 0 Å². The molecule has 1 aromatic rings. The van der Waals surface area contributed by atoms with E-state index in [1.807, 2.05) is 6.92 Å². The van der Waals surface area contributed by atoms with Crippen LogP contribution in [0.25, 0.3) is 0 Å². The Balaban J connectivity index is 0.00000364. The lowest BCUT2D eigenvalue weighted by atomic mass is 10.3. The van der Waals surface area contributed by atoms with Crippen LogP contribution < -0.4 is 10.1 Å². The number of carbonyl (C=O) groups is 1. The van der Waals surface area contributed by atoms with E-state index in [2.05, 4.69) is 15.2 Å². The van der Waals surface area contributed by atoms with Gasteiger partial charge in [0.15, 0.2) is 5.96 Å². The van der Waals surface area contributed by atoms with Crippen LogP contribution in [-0.4, -0.2) is 74.3 Å². The van der Waals surface area contributed by atoms with Crippen LogP contribution in [0.4, 0.5) is 9.18 Å². The number of hydrogen-bond acceptors (Lipinski definition) is 4. The van der Waals surface area contributed by atoms with Crippen molar-refractivity contribution in [1.82, 2.24) is 15.1 Å². The molecular weight excluding hydrogens is 466 g/mol. The zero-order chi connectivity index (χ0) is 18.9. The summed E-state index contributed by atoms with van der Waals surface area (Å²) in [6.45, 7) is 7.24. The Hall–Kier alpha value is -1.78. The molecule has 0 saturated carbocycles. The molecule has 1 amide bonds. The molecule has 0 aliphatic carbocycles. The summed E-state index contributed by atoms with van der Waals surface area (Å²) in [5.41, 5.74) is 0. The van der Waals surface area contributed by atoms with Crippen LogP contribution in [0.15, 0.2) is 29.3 Å². The first-order valence-corrected chi connectivity index (χ1v) is 8.83. The SMILES string of the molecule is CCOC(=O)N1CCN(C(=NC)NCC(C)Oc2ccc(F)cc2)CC1.I. The molecular formula is C18H28FIN4O3. The van der Waals surface area contributed by atoms with Gasteiger partial charge in [0.2, 0.25) is 0 Å². The largest absolute Gasteiger partial charge is 0.489 e. The number of aliphatic imine (C=N–C) groups is 1. The number of ether oxygens (including phenoxy) is 2. The summed E-state index contributed by atoms with van der Waals surface area (Å²) in [4.78, 5) is 19.9. The lowest BCUT2D eigenvalue weighted by Crippen LogP contribution is -2.54. The maximum Gasteiger partial charge on any atom is 0.409 e. The summed E-state index contributed by atoms with van der Waals surface area (Å²) in [5.74, 6) is 1.10. The third-order valence-corrected chi connectivity index (χ3v) is 4.02. The summed E-state index contributed by atoms with van der Waals surface area (Å²) in [6.07, 6.45) is -0.380. The van der Waals surface area contributed by atoms with Gasteiger partial charge in [0.25, 0.3) is 0 Å². The van der Waals surface area contributed by atoms with Gasteiger partial charge in [-0.25, -0.2) is 9.18 Å². The molecule has 0 radical (unpaired) electrons. The second kappa shape index (κ2) is 11.8. The summed E-state index contributed by atoms with van der Waals surface area (Å²) >= 11 is 0. The van der Waals surface area contributed by atoms with Crippen molar-refractivity contribution in [3.8, 4) is 5.75 Å². The van der Waals surface area contributed by atoms with Crippen LogP contribution in [-0.2, 0) is 4.74 Å². The zero-order valence-electron chi connectivity index (χ0n) is 16.0. The predicted octanol–water partition coefficient (Wildman–Crippen LogP) is 2.56. The molecule has 1 aromatic carbocycles. The van der Waals surface area contributed by atoms with Gasteiger partial charge in [-0.05, 0) is 38.1 Å². The molecule has 2 rings (SSSR count). The molecule has 1 aliphatic rings. The molecule has 9 heteroatoms. The van der Waals surface area contributed by atoms with Crippen molar-refractivity contribution in [3.63, 3.8) is 0 Å². The average Bonchev–Trinajstić information content (AvgIpc) is 2.65. The first-order valence-electron chi connectivity index (χ1n) is 8.83. The highest BCUT2D eigenvalue weighted by Gasteiger charge is 2.23. The van der Waals surface area contributed by atoms with E-state index in [0.717, 1.165) is 5.96 Å². The number of amides is 1. The Labute approximate surface area is 176 Å². The van der Waals surface area contributed by atoms with Crippen molar-refractivity contribution in [1.29, 1.82) is 0 Å². The number of guanidine groups is 1. The monoisotopic (exact) mass is 494 g/mol. The number of nitrogens with one attached hydrogen (secondary N) is 1. The number of benzene rings is 1. The van der Waals surface area contributed by atoms with Crippen molar-refractivity contribution in [2.24, 2.45) is 4.99 Å². The normalized spacial score (nSPS) is 15.6. The quantitative estimate of drug-likeness (QED) is 0.388. The Morgan fingerprint density at radius 2 is 1.81 bits per heavy atom. The predicted molar refractivity (Wildman–Crippen MR) is 113 cm³/mol. The Morgan fingerprint density at radius 3 is 2.37 bits per heavy atom.